The van der Waals surface area contributed by atoms with Gasteiger partial charge < -0.3 is 15.8 Å². The minimum absolute atomic E-state index is 0.0294. The van der Waals surface area contributed by atoms with E-state index in [4.69, 9.17) is 10.5 Å². The van der Waals surface area contributed by atoms with Crippen molar-refractivity contribution in [1.82, 2.24) is 9.97 Å². The molecule has 4 aromatic rings. The van der Waals surface area contributed by atoms with Crippen LogP contribution in [0.2, 0.25) is 0 Å². The SMILES string of the molecule is CCOc1ccc2nc(NC(=O)C(CC)Sc3nc(N)c(C#N)c(-c4ccsc4)c3C#N)sc2c1. The highest BCUT2D eigenvalue weighted by Gasteiger charge is 2.26. The van der Waals surface area contributed by atoms with E-state index >= 15 is 0 Å². The molecule has 0 aliphatic rings. The molecule has 176 valence electrons. The van der Waals surface area contributed by atoms with Crippen LogP contribution in [0.5, 0.6) is 5.75 Å². The van der Waals surface area contributed by atoms with Crippen molar-refractivity contribution >= 4 is 61.5 Å². The van der Waals surface area contributed by atoms with Crippen molar-refractivity contribution < 1.29 is 9.53 Å². The summed E-state index contributed by atoms with van der Waals surface area (Å²) in [5.74, 6) is 0.521. The lowest BCUT2D eigenvalue weighted by Crippen LogP contribution is -2.25. The Morgan fingerprint density at radius 3 is 2.69 bits per heavy atom. The number of nitrogen functional groups attached to an aromatic ring is 1. The molecular formula is C24H20N6O2S3. The summed E-state index contributed by atoms with van der Waals surface area (Å²) in [5.41, 5.74) is 8.40. The van der Waals surface area contributed by atoms with E-state index in [1.807, 2.05) is 48.9 Å². The van der Waals surface area contributed by atoms with Crippen molar-refractivity contribution in [3.8, 4) is 29.0 Å². The number of hydrogen-bond acceptors (Lipinski definition) is 10. The van der Waals surface area contributed by atoms with E-state index in [1.165, 1.54) is 22.7 Å². The molecule has 35 heavy (non-hydrogen) atoms. The fraction of sp³-hybridized carbons (Fsp3) is 0.208. The summed E-state index contributed by atoms with van der Waals surface area (Å²) in [6, 6.07) is 11.6. The first-order valence-electron chi connectivity index (χ1n) is 10.7. The summed E-state index contributed by atoms with van der Waals surface area (Å²) in [5, 5.41) is 26.4. The Bertz CT molecular complexity index is 1470. The van der Waals surface area contributed by atoms with E-state index in [2.05, 4.69) is 27.4 Å². The number of benzene rings is 1. The average molecular weight is 521 g/mol. The molecule has 3 aromatic heterocycles. The van der Waals surface area contributed by atoms with Gasteiger partial charge in [0.25, 0.3) is 0 Å². The molecule has 8 nitrogen and oxygen atoms in total. The number of nitrogens with zero attached hydrogens (tertiary/aromatic N) is 4. The monoisotopic (exact) mass is 520 g/mol. The van der Waals surface area contributed by atoms with Gasteiger partial charge in [-0.15, -0.1) is 0 Å². The van der Waals surface area contributed by atoms with Gasteiger partial charge in [-0.3, -0.25) is 4.79 Å². The Morgan fingerprint density at radius 1 is 1.23 bits per heavy atom. The molecule has 1 unspecified atom stereocenters. The summed E-state index contributed by atoms with van der Waals surface area (Å²) >= 11 is 3.96. The number of aromatic nitrogens is 2. The van der Waals surface area contributed by atoms with Gasteiger partial charge in [-0.2, -0.15) is 21.9 Å². The molecule has 0 saturated heterocycles. The Balaban J connectivity index is 1.62. The van der Waals surface area contributed by atoms with Crippen molar-refractivity contribution in [2.24, 2.45) is 0 Å². The summed E-state index contributed by atoms with van der Waals surface area (Å²) in [7, 11) is 0. The minimum atomic E-state index is -0.553. The van der Waals surface area contributed by atoms with Crippen molar-refractivity contribution in [1.29, 1.82) is 10.5 Å². The van der Waals surface area contributed by atoms with Gasteiger partial charge in [-0.05, 0) is 53.9 Å². The number of ether oxygens (including phenoxy) is 1. The number of fused-ring (bicyclic) bond motifs is 1. The summed E-state index contributed by atoms with van der Waals surface area (Å²) in [6.45, 7) is 4.36. The minimum Gasteiger partial charge on any atom is -0.494 e. The third-order valence-corrected chi connectivity index (χ3v) is 8.01. The number of thioether (sulfide) groups is 1. The molecule has 11 heteroatoms. The zero-order valence-corrected chi connectivity index (χ0v) is 21.3. The molecule has 0 aliphatic heterocycles. The molecular weight excluding hydrogens is 501 g/mol. The normalized spacial score (nSPS) is 11.5. The quantitative estimate of drug-likeness (QED) is 0.284. The Morgan fingerprint density at radius 2 is 2.03 bits per heavy atom. The number of thiophene rings is 1. The van der Waals surface area contributed by atoms with Gasteiger partial charge in [-0.1, -0.05) is 30.0 Å². The zero-order chi connectivity index (χ0) is 24.9. The van der Waals surface area contributed by atoms with E-state index in [0.717, 1.165) is 33.3 Å². The number of carbonyl (C=O) groups is 1. The molecule has 1 aromatic carbocycles. The number of thiazole rings is 1. The van der Waals surface area contributed by atoms with Crippen LogP contribution in [0, 0.1) is 22.7 Å². The predicted octanol–water partition coefficient (Wildman–Crippen LogP) is 5.65. The predicted molar refractivity (Wildman–Crippen MR) is 141 cm³/mol. The summed E-state index contributed by atoms with van der Waals surface area (Å²) in [6.07, 6.45) is 0.482. The molecule has 3 N–H and O–H groups in total. The lowest BCUT2D eigenvalue weighted by Gasteiger charge is -2.16. The number of nitriles is 2. The third-order valence-electron chi connectivity index (χ3n) is 5.04. The molecule has 1 amide bonds. The number of pyridine rings is 1. The lowest BCUT2D eigenvalue weighted by molar-refractivity contribution is -0.115. The standard InChI is InChI=1S/C24H20N6O2S3/c1-3-18(22(31)30-24-28-17-6-5-14(32-4-2)9-19(17)35-24)34-23-16(11-26)20(13-7-8-33-12-13)15(10-25)21(27)29-23/h5-9,12,18H,3-4H2,1-2H3,(H2,27,29)(H,28,30,31). The second kappa shape index (κ2) is 10.7. The largest absolute Gasteiger partial charge is 0.494 e. The maximum Gasteiger partial charge on any atom is 0.239 e. The van der Waals surface area contributed by atoms with Crippen LogP contribution in [0.4, 0.5) is 10.9 Å². The lowest BCUT2D eigenvalue weighted by atomic mass is 9.99. The Kier molecular flexibility index (Phi) is 7.51. The van der Waals surface area contributed by atoms with Gasteiger partial charge >= 0.3 is 0 Å². The van der Waals surface area contributed by atoms with Crippen LogP contribution >= 0.6 is 34.4 Å². The van der Waals surface area contributed by atoms with Crippen LogP contribution in [0.25, 0.3) is 21.3 Å². The van der Waals surface area contributed by atoms with Crippen LogP contribution in [0.3, 0.4) is 0 Å². The number of hydrogen-bond donors (Lipinski definition) is 2. The third kappa shape index (κ3) is 5.08. The Labute approximate surface area is 214 Å². The van der Waals surface area contributed by atoms with Gasteiger partial charge in [0.2, 0.25) is 5.91 Å². The zero-order valence-electron chi connectivity index (χ0n) is 18.9. The molecule has 0 spiro atoms. The highest BCUT2D eigenvalue weighted by atomic mass is 32.2. The maximum atomic E-state index is 13.1. The molecule has 1 atom stereocenters. The number of nitrogens with one attached hydrogen (secondary N) is 1. The van der Waals surface area contributed by atoms with E-state index in [1.54, 1.807) is 0 Å². The molecule has 4 rings (SSSR count). The van der Waals surface area contributed by atoms with E-state index in [0.29, 0.717) is 28.7 Å². The second-order valence-electron chi connectivity index (χ2n) is 7.25. The smallest absolute Gasteiger partial charge is 0.239 e. The average Bonchev–Trinajstić information content (AvgIpc) is 3.51. The topological polar surface area (TPSA) is 138 Å². The highest BCUT2D eigenvalue weighted by molar-refractivity contribution is 8.00. The fourth-order valence-electron chi connectivity index (χ4n) is 3.44. The van der Waals surface area contributed by atoms with Crippen LogP contribution in [-0.2, 0) is 4.79 Å². The highest BCUT2D eigenvalue weighted by Crippen LogP contribution is 2.38. The van der Waals surface area contributed by atoms with Crippen LogP contribution < -0.4 is 15.8 Å². The van der Waals surface area contributed by atoms with E-state index in [9.17, 15) is 15.3 Å². The summed E-state index contributed by atoms with van der Waals surface area (Å²) in [4.78, 5) is 21.9. The van der Waals surface area contributed by atoms with Crippen LogP contribution in [0.15, 0.2) is 40.1 Å². The first-order chi connectivity index (χ1) is 17.0. The van der Waals surface area contributed by atoms with Gasteiger partial charge in [0.1, 0.15) is 34.3 Å². The van der Waals surface area contributed by atoms with Gasteiger partial charge in [0, 0.05) is 5.56 Å². The van der Waals surface area contributed by atoms with Crippen molar-refractivity contribution in [2.75, 3.05) is 17.7 Å². The fourth-order valence-corrected chi connectivity index (χ4v) is 6.00. The Hall–Kier alpha value is -3.64. The van der Waals surface area contributed by atoms with E-state index in [-0.39, 0.29) is 22.9 Å². The van der Waals surface area contributed by atoms with E-state index < -0.39 is 5.25 Å². The van der Waals surface area contributed by atoms with Crippen LogP contribution in [-0.4, -0.2) is 27.7 Å². The number of anilines is 2. The number of nitrogens with two attached hydrogens (primary N) is 1. The molecule has 0 aliphatic carbocycles. The summed E-state index contributed by atoms with van der Waals surface area (Å²) < 4.78 is 6.44. The van der Waals surface area contributed by atoms with Crippen molar-refractivity contribution in [2.45, 2.75) is 30.5 Å². The van der Waals surface area contributed by atoms with Gasteiger partial charge in [0.15, 0.2) is 5.13 Å². The molecule has 0 saturated carbocycles. The first-order valence-corrected chi connectivity index (χ1v) is 13.3. The van der Waals surface area contributed by atoms with Gasteiger partial charge in [0.05, 0.1) is 27.6 Å². The first kappa shape index (κ1) is 24.5. The van der Waals surface area contributed by atoms with Crippen molar-refractivity contribution in [3.05, 3.63) is 46.2 Å². The maximum absolute atomic E-state index is 13.1. The number of carbonyl (C=O) groups excluding carboxylic acids is 1. The molecule has 0 radical (unpaired) electrons. The molecule has 0 bridgehead atoms. The van der Waals surface area contributed by atoms with Gasteiger partial charge in [-0.25, -0.2) is 9.97 Å². The van der Waals surface area contributed by atoms with Crippen molar-refractivity contribution in [3.63, 3.8) is 0 Å². The molecule has 3 heterocycles. The molecule has 0 fully saturated rings. The number of amides is 1. The van der Waals surface area contributed by atoms with Crippen LogP contribution in [0.1, 0.15) is 31.4 Å². The number of rotatable bonds is 8. The second-order valence-corrected chi connectivity index (χ2v) is 10.3.